The number of hydrogen-bond donors (Lipinski definition) is 0. The van der Waals surface area contributed by atoms with Crippen LogP contribution in [0.3, 0.4) is 0 Å². The molecule has 1 amide bonds. The zero-order chi connectivity index (χ0) is 17.3. The van der Waals surface area contributed by atoms with Crippen molar-refractivity contribution in [1.29, 1.82) is 0 Å². The summed E-state index contributed by atoms with van der Waals surface area (Å²) in [6.45, 7) is 5.02. The Morgan fingerprint density at radius 1 is 1.33 bits per heavy atom. The van der Waals surface area contributed by atoms with Crippen LogP contribution in [0.1, 0.15) is 35.0 Å². The molecule has 0 radical (unpaired) electrons. The number of benzene rings is 1. The normalized spacial score (nSPS) is 15.7. The quantitative estimate of drug-likeness (QED) is 0.793. The Bertz CT molecular complexity index is 778. The number of likely N-dealkylation sites (tertiary alicyclic amines) is 1. The highest BCUT2D eigenvalue weighted by Gasteiger charge is 2.30. The molecule has 128 valence electrons. The van der Waals surface area contributed by atoms with Gasteiger partial charge in [-0.2, -0.15) is 0 Å². The summed E-state index contributed by atoms with van der Waals surface area (Å²) >= 11 is 1.33. The van der Waals surface area contributed by atoms with Gasteiger partial charge in [0.05, 0.1) is 17.4 Å². The molecule has 2 heterocycles. The highest BCUT2D eigenvalue weighted by atomic mass is 32.1. The number of ether oxygens (including phenoxy) is 1. The third-order valence-electron chi connectivity index (χ3n) is 4.50. The zero-order valence-corrected chi connectivity index (χ0v) is 14.6. The Hall–Kier alpha value is -1.95. The number of rotatable bonds is 3. The van der Waals surface area contributed by atoms with Crippen LogP contribution in [0.2, 0.25) is 0 Å². The first-order valence-electron chi connectivity index (χ1n) is 8.16. The second-order valence-corrected chi connectivity index (χ2v) is 7.04. The van der Waals surface area contributed by atoms with Crippen LogP contribution in [0.25, 0.3) is 10.1 Å². The summed E-state index contributed by atoms with van der Waals surface area (Å²) in [5, 5.41) is 0.534. The first-order chi connectivity index (χ1) is 11.5. The SMILES string of the molecule is CCOC(=O)C1CCN(C(=O)c2sc3cccc(F)c3c2C)CC1. The molecule has 1 aromatic heterocycles. The van der Waals surface area contributed by atoms with E-state index >= 15 is 0 Å². The Labute approximate surface area is 144 Å². The van der Waals surface area contributed by atoms with Crippen molar-refractivity contribution in [2.45, 2.75) is 26.7 Å². The molecular formula is C18H20FNO3S. The molecule has 24 heavy (non-hydrogen) atoms. The predicted octanol–water partition coefficient (Wildman–Crippen LogP) is 3.76. The van der Waals surface area contributed by atoms with Crippen molar-refractivity contribution in [2.75, 3.05) is 19.7 Å². The molecule has 4 nitrogen and oxygen atoms in total. The summed E-state index contributed by atoms with van der Waals surface area (Å²) in [5.41, 5.74) is 0.700. The van der Waals surface area contributed by atoms with Crippen LogP contribution in [-0.2, 0) is 9.53 Å². The van der Waals surface area contributed by atoms with E-state index in [-0.39, 0.29) is 23.6 Å². The fourth-order valence-electron chi connectivity index (χ4n) is 3.18. The van der Waals surface area contributed by atoms with E-state index in [1.165, 1.54) is 17.4 Å². The number of nitrogens with zero attached hydrogens (tertiary/aromatic N) is 1. The average molecular weight is 349 g/mol. The summed E-state index contributed by atoms with van der Waals surface area (Å²) in [6, 6.07) is 4.91. The minimum atomic E-state index is -0.290. The lowest BCUT2D eigenvalue weighted by atomic mass is 9.96. The van der Waals surface area contributed by atoms with Crippen molar-refractivity contribution in [3.05, 3.63) is 34.5 Å². The summed E-state index contributed by atoms with van der Waals surface area (Å²) in [5.74, 6) is -0.670. The second kappa shape index (κ2) is 6.89. The zero-order valence-electron chi connectivity index (χ0n) is 13.8. The molecule has 1 saturated heterocycles. The van der Waals surface area contributed by atoms with Crippen LogP contribution in [0, 0.1) is 18.7 Å². The molecule has 0 unspecified atom stereocenters. The predicted molar refractivity (Wildman–Crippen MR) is 91.8 cm³/mol. The molecule has 0 atom stereocenters. The van der Waals surface area contributed by atoms with Crippen LogP contribution < -0.4 is 0 Å². The molecule has 0 aliphatic carbocycles. The van der Waals surface area contributed by atoms with Gasteiger partial charge in [-0.05, 0) is 44.4 Å². The van der Waals surface area contributed by atoms with Crippen LogP contribution in [0.15, 0.2) is 18.2 Å². The largest absolute Gasteiger partial charge is 0.466 e. The van der Waals surface area contributed by atoms with Gasteiger partial charge in [-0.25, -0.2) is 4.39 Å². The Morgan fingerprint density at radius 2 is 2.04 bits per heavy atom. The molecule has 1 aliphatic rings. The maximum absolute atomic E-state index is 14.0. The van der Waals surface area contributed by atoms with Crippen LogP contribution in [0.5, 0.6) is 0 Å². The number of carbonyl (C=O) groups excluding carboxylic acids is 2. The van der Waals surface area contributed by atoms with Gasteiger partial charge in [0.15, 0.2) is 0 Å². The maximum Gasteiger partial charge on any atom is 0.309 e. The molecule has 3 rings (SSSR count). The monoisotopic (exact) mass is 349 g/mol. The van der Waals surface area contributed by atoms with E-state index < -0.39 is 0 Å². The van der Waals surface area contributed by atoms with E-state index in [1.807, 2.05) is 6.07 Å². The summed E-state index contributed by atoms with van der Waals surface area (Å²) in [7, 11) is 0. The number of amides is 1. The van der Waals surface area contributed by atoms with Gasteiger partial charge in [0.25, 0.3) is 5.91 Å². The fraction of sp³-hybridized carbons (Fsp3) is 0.444. The van der Waals surface area contributed by atoms with Gasteiger partial charge >= 0.3 is 5.97 Å². The van der Waals surface area contributed by atoms with E-state index in [9.17, 15) is 14.0 Å². The van der Waals surface area contributed by atoms with Crippen molar-refractivity contribution in [2.24, 2.45) is 5.92 Å². The first kappa shape index (κ1) is 16.9. The number of hydrogen-bond acceptors (Lipinski definition) is 4. The van der Waals surface area contributed by atoms with E-state index in [0.29, 0.717) is 48.4 Å². The van der Waals surface area contributed by atoms with Crippen molar-refractivity contribution in [3.63, 3.8) is 0 Å². The van der Waals surface area contributed by atoms with Gasteiger partial charge in [0.2, 0.25) is 0 Å². The molecule has 0 N–H and O–H groups in total. The van der Waals surface area contributed by atoms with Crippen molar-refractivity contribution >= 4 is 33.3 Å². The number of aryl methyl sites for hydroxylation is 1. The topological polar surface area (TPSA) is 46.6 Å². The first-order valence-corrected chi connectivity index (χ1v) is 8.98. The van der Waals surface area contributed by atoms with Gasteiger partial charge < -0.3 is 9.64 Å². The fourth-order valence-corrected chi connectivity index (χ4v) is 4.37. The molecular weight excluding hydrogens is 329 g/mol. The summed E-state index contributed by atoms with van der Waals surface area (Å²) < 4.78 is 19.9. The van der Waals surface area contributed by atoms with E-state index in [4.69, 9.17) is 4.74 Å². The van der Waals surface area contributed by atoms with Crippen molar-refractivity contribution in [1.82, 2.24) is 4.90 Å². The number of piperidine rings is 1. The van der Waals surface area contributed by atoms with E-state index in [0.717, 1.165) is 4.70 Å². The Balaban J connectivity index is 1.76. The standard InChI is InChI=1S/C18H20FNO3S/c1-3-23-18(22)12-7-9-20(10-8-12)17(21)16-11(2)15-13(19)5-4-6-14(15)24-16/h4-6,12H,3,7-10H2,1-2H3. The lowest BCUT2D eigenvalue weighted by Gasteiger charge is -2.30. The van der Waals surface area contributed by atoms with Crippen LogP contribution in [-0.4, -0.2) is 36.5 Å². The van der Waals surface area contributed by atoms with Gasteiger partial charge in [-0.15, -0.1) is 11.3 Å². The van der Waals surface area contributed by atoms with E-state index in [2.05, 4.69) is 0 Å². The summed E-state index contributed by atoms with van der Waals surface area (Å²) in [4.78, 5) is 26.9. The van der Waals surface area contributed by atoms with Gasteiger partial charge in [0, 0.05) is 23.2 Å². The Morgan fingerprint density at radius 3 is 2.67 bits per heavy atom. The number of fused-ring (bicyclic) bond motifs is 1. The second-order valence-electron chi connectivity index (χ2n) is 5.99. The Kier molecular flexibility index (Phi) is 4.85. The van der Waals surface area contributed by atoms with Gasteiger partial charge in [-0.1, -0.05) is 6.07 Å². The minimum Gasteiger partial charge on any atom is -0.466 e. The molecule has 2 aromatic rings. The summed E-state index contributed by atoms with van der Waals surface area (Å²) in [6.07, 6.45) is 1.23. The molecule has 0 saturated carbocycles. The number of esters is 1. The van der Waals surface area contributed by atoms with Gasteiger partial charge in [0.1, 0.15) is 5.82 Å². The molecule has 1 fully saturated rings. The molecule has 6 heteroatoms. The number of carbonyl (C=O) groups is 2. The minimum absolute atomic E-state index is 0.0737. The molecule has 0 bridgehead atoms. The average Bonchev–Trinajstić information content (AvgIpc) is 2.93. The third kappa shape index (κ3) is 3.02. The van der Waals surface area contributed by atoms with Gasteiger partial charge in [-0.3, -0.25) is 9.59 Å². The maximum atomic E-state index is 14.0. The molecule has 1 aliphatic heterocycles. The lowest BCUT2D eigenvalue weighted by molar-refractivity contribution is -0.149. The third-order valence-corrected chi connectivity index (χ3v) is 5.74. The van der Waals surface area contributed by atoms with Crippen LogP contribution >= 0.6 is 11.3 Å². The number of halogens is 1. The molecule has 1 aromatic carbocycles. The van der Waals surface area contributed by atoms with Crippen LogP contribution in [0.4, 0.5) is 4.39 Å². The lowest BCUT2D eigenvalue weighted by Crippen LogP contribution is -2.40. The van der Waals surface area contributed by atoms with Crippen molar-refractivity contribution in [3.8, 4) is 0 Å². The smallest absolute Gasteiger partial charge is 0.309 e. The highest BCUT2D eigenvalue weighted by Crippen LogP contribution is 2.34. The molecule has 0 spiro atoms. The number of thiophene rings is 1. The highest BCUT2D eigenvalue weighted by molar-refractivity contribution is 7.21. The van der Waals surface area contributed by atoms with E-state index in [1.54, 1.807) is 24.8 Å². The van der Waals surface area contributed by atoms with Crippen molar-refractivity contribution < 1.29 is 18.7 Å².